The Morgan fingerprint density at radius 2 is 1.42 bits per heavy atom. The Morgan fingerprint density at radius 1 is 0.806 bits per heavy atom. The molecule has 6 rings (SSSR count). The fourth-order valence-corrected chi connectivity index (χ4v) is 9.53. The van der Waals surface area contributed by atoms with Crippen LogP contribution in [-0.2, 0) is 77.8 Å². The molecule has 0 aromatic carbocycles. The van der Waals surface area contributed by atoms with Gasteiger partial charge in [0.15, 0.2) is 35.6 Å². The molecule has 336 valence electrons. The molecule has 3 fully saturated rings. The molecule has 1 saturated heterocycles. The van der Waals surface area contributed by atoms with Gasteiger partial charge in [0.2, 0.25) is 0 Å². The molecular weight excluding hydrogens is 826 g/mol. The molecule has 1 spiro atoms. The van der Waals surface area contributed by atoms with E-state index in [1.807, 2.05) is 0 Å². The third-order valence-corrected chi connectivity index (χ3v) is 11.9. The average Bonchev–Trinajstić information content (AvgIpc) is 3.79. The van der Waals surface area contributed by atoms with Gasteiger partial charge in [0.25, 0.3) is 0 Å². The number of carbonyl (C=O) groups excluding carboxylic acids is 8. The Kier molecular flexibility index (Phi) is 12.1. The molecule has 0 amide bonds. The molecule has 2 aliphatic carbocycles. The number of nitrogens with zero attached hydrogens (tertiary/aromatic N) is 1. The van der Waals surface area contributed by atoms with E-state index in [2.05, 4.69) is 4.98 Å². The summed E-state index contributed by atoms with van der Waals surface area (Å²) in [6.45, 7) is 6.25. The minimum absolute atomic E-state index is 0.0776. The third kappa shape index (κ3) is 7.54. The van der Waals surface area contributed by atoms with Crippen LogP contribution in [0.4, 0.5) is 0 Å². The first-order valence-corrected chi connectivity index (χ1v) is 19.5. The lowest BCUT2D eigenvalue weighted by atomic mass is 9.45. The molecule has 21 heteroatoms. The summed E-state index contributed by atoms with van der Waals surface area (Å²) in [5.74, 6) is -10.7. The van der Waals surface area contributed by atoms with Gasteiger partial charge in [0.1, 0.15) is 48.3 Å². The molecule has 21 nitrogen and oxygen atoms in total. The minimum Gasteiger partial charge on any atom is -0.472 e. The van der Waals surface area contributed by atoms with Crippen molar-refractivity contribution >= 4 is 47.8 Å². The number of aromatic nitrogens is 1. The first-order chi connectivity index (χ1) is 28.9. The molecule has 2 aliphatic heterocycles. The van der Waals surface area contributed by atoms with E-state index in [1.165, 1.54) is 31.3 Å². The highest BCUT2D eigenvalue weighted by Crippen LogP contribution is 2.70. The Hall–Kier alpha value is -5.93. The maximum atomic E-state index is 14.4. The van der Waals surface area contributed by atoms with Crippen LogP contribution in [0.15, 0.2) is 41.3 Å². The molecule has 2 aromatic heterocycles. The fraction of sp³-hybridized carbons (Fsp3) is 0.585. The Bertz CT molecular complexity index is 2150. The number of hydrogen-bond donors (Lipinski definition) is 2. The first kappa shape index (κ1) is 45.6. The topological polar surface area (TPSA) is 286 Å². The maximum Gasteiger partial charge on any atom is 0.341 e. The van der Waals surface area contributed by atoms with E-state index in [4.69, 9.17) is 47.0 Å². The number of pyridine rings is 1. The normalized spacial score (nSPS) is 36.3. The number of rotatable bonds is 8. The van der Waals surface area contributed by atoms with Crippen LogP contribution in [0.5, 0.6) is 0 Å². The highest BCUT2D eigenvalue weighted by molar-refractivity contribution is 5.91. The zero-order valence-corrected chi connectivity index (χ0v) is 35.0. The molecule has 0 radical (unpaired) electrons. The van der Waals surface area contributed by atoms with E-state index in [-0.39, 0.29) is 23.2 Å². The van der Waals surface area contributed by atoms with Gasteiger partial charge in [-0.05, 0) is 51.8 Å². The molecule has 2 N–H and O–H groups in total. The van der Waals surface area contributed by atoms with Gasteiger partial charge in [0.05, 0.1) is 29.0 Å². The van der Waals surface area contributed by atoms with E-state index in [1.54, 1.807) is 0 Å². The number of aryl methyl sites for hydroxylation is 1. The summed E-state index contributed by atoms with van der Waals surface area (Å²) in [6.07, 6.45) is -10.1. The van der Waals surface area contributed by atoms with Gasteiger partial charge >= 0.3 is 47.8 Å². The Morgan fingerprint density at radius 3 is 2.00 bits per heavy atom. The second kappa shape index (κ2) is 16.4. The van der Waals surface area contributed by atoms with Crippen LogP contribution in [0.3, 0.4) is 0 Å². The predicted molar refractivity (Wildman–Crippen MR) is 199 cm³/mol. The van der Waals surface area contributed by atoms with Crippen molar-refractivity contribution in [1.82, 2.24) is 4.98 Å². The molecule has 2 aromatic rings. The summed E-state index contributed by atoms with van der Waals surface area (Å²) in [7, 11) is 0. The van der Waals surface area contributed by atoms with E-state index in [0.717, 1.165) is 61.0 Å². The van der Waals surface area contributed by atoms with Crippen LogP contribution in [0.25, 0.3) is 0 Å². The highest BCUT2D eigenvalue weighted by atomic mass is 16.7. The summed E-state index contributed by atoms with van der Waals surface area (Å²) < 4.78 is 59.6. The van der Waals surface area contributed by atoms with Gasteiger partial charge in [-0.3, -0.25) is 29.0 Å². The SMILES string of the molecule is CC(=O)OC[C@]12C(OC(C)=O)C(OC(C)=O)[C@@H]3C(OC(C)=O)[C@@]14O[C@@]3(C)COC(=O)c1cccnc1CC[C@@](C)(O)C(=O)O[C@H](C(OC(=O)c1ccoc1)C2OC(C)=O)[C@]4(C)O. The summed E-state index contributed by atoms with van der Waals surface area (Å²) in [4.78, 5) is 113. The second-order valence-electron chi connectivity index (χ2n) is 16.4. The van der Waals surface area contributed by atoms with Crippen LogP contribution >= 0.6 is 0 Å². The molecule has 4 bridgehead atoms. The lowest BCUT2D eigenvalue weighted by Gasteiger charge is -2.67. The van der Waals surface area contributed by atoms with E-state index in [0.29, 0.717) is 0 Å². The van der Waals surface area contributed by atoms with Gasteiger partial charge < -0.3 is 57.3 Å². The number of carbonyl (C=O) groups is 8. The van der Waals surface area contributed by atoms with Gasteiger partial charge in [0, 0.05) is 40.8 Å². The highest BCUT2D eigenvalue weighted by Gasteiger charge is 2.92. The number of hydrogen-bond acceptors (Lipinski definition) is 21. The van der Waals surface area contributed by atoms with Crippen molar-refractivity contribution < 1.29 is 95.6 Å². The Balaban J connectivity index is 1.79. The van der Waals surface area contributed by atoms with Crippen LogP contribution in [0, 0.1) is 11.3 Å². The van der Waals surface area contributed by atoms with Crippen molar-refractivity contribution in [3.63, 3.8) is 0 Å². The summed E-state index contributed by atoms with van der Waals surface area (Å²) in [5.41, 5.74) is -13.5. The van der Waals surface area contributed by atoms with Crippen molar-refractivity contribution in [3.05, 3.63) is 53.7 Å². The van der Waals surface area contributed by atoms with Crippen molar-refractivity contribution in [2.24, 2.45) is 11.3 Å². The zero-order chi connectivity index (χ0) is 45.7. The number of aliphatic hydroxyl groups is 2. The van der Waals surface area contributed by atoms with Crippen molar-refractivity contribution in [2.75, 3.05) is 13.2 Å². The second-order valence-corrected chi connectivity index (χ2v) is 16.4. The largest absolute Gasteiger partial charge is 0.472 e. The average molecular weight is 874 g/mol. The molecule has 2 saturated carbocycles. The van der Waals surface area contributed by atoms with Crippen molar-refractivity contribution in [3.8, 4) is 0 Å². The van der Waals surface area contributed by atoms with Gasteiger partial charge in [-0.15, -0.1) is 0 Å². The van der Waals surface area contributed by atoms with Crippen LogP contribution in [0.1, 0.15) is 88.2 Å². The number of cyclic esters (lactones) is 1. The molecule has 4 heterocycles. The van der Waals surface area contributed by atoms with E-state index < -0.39 is 138 Å². The molecule has 12 atom stereocenters. The van der Waals surface area contributed by atoms with Crippen LogP contribution in [-0.4, -0.2) is 135 Å². The first-order valence-electron chi connectivity index (χ1n) is 19.5. The fourth-order valence-electron chi connectivity index (χ4n) is 9.53. The molecule has 5 unspecified atom stereocenters. The van der Waals surface area contributed by atoms with Crippen LogP contribution < -0.4 is 0 Å². The number of ether oxygens (including phenoxy) is 9. The minimum atomic E-state index is -3.00. The van der Waals surface area contributed by atoms with Crippen molar-refractivity contribution in [1.29, 1.82) is 0 Å². The molecule has 4 aliphatic rings. The van der Waals surface area contributed by atoms with Crippen LogP contribution in [0.2, 0.25) is 0 Å². The van der Waals surface area contributed by atoms with Gasteiger partial charge in [-0.25, -0.2) is 14.4 Å². The molecular formula is C41H47NO20. The summed E-state index contributed by atoms with van der Waals surface area (Å²) in [5, 5.41) is 25.3. The standard InChI is InChI=1S/C41H47NO20/c1-19(43)54-18-40-32(58-22(4)46)28(56-20(2)44)27-30(57-21(3)45)41(40)39(8,52)31(29(33(40)59-23(5)47)60-34(48)24-12-15-53-16-24)61-36(50)37(6,51)13-11-26-25(10-9-14-42-26)35(49)55-17-38(27,7)62-41/h9-10,12,14-16,27-33,51-52H,11,13,17-18H2,1-8H3/t27-,28?,29?,30?,31-,32?,33?,37-,38+,39+,40-,41+/m1/s1. The van der Waals surface area contributed by atoms with Gasteiger partial charge in [-0.1, -0.05) is 0 Å². The predicted octanol–water partition coefficient (Wildman–Crippen LogP) is 0.864. The van der Waals surface area contributed by atoms with E-state index in [9.17, 15) is 48.6 Å². The lowest BCUT2D eigenvalue weighted by Crippen LogP contribution is -2.89. The monoisotopic (exact) mass is 873 g/mol. The summed E-state index contributed by atoms with van der Waals surface area (Å²) >= 11 is 0. The van der Waals surface area contributed by atoms with E-state index >= 15 is 0 Å². The quantitative estimate of drug-likeness (QED) is 0.275. The van der Waals surface area contributed by atoms with Crippen molar-refractivity contribution in [2.45, 2.75) is 127 Å². The Labute approximate surface area is 353 Å². The summed E-state index contributed by atoms with van der Waals surface area (Å²) in [6, 6.07) is 3.99. The third-order valence-electron chi connectivity index (χ3n) is 11.9. The lowest BCUT2D eigenvalue weighted by molar-refractivity contribution is -0.386. The number of furan rings is 1. The zero-order valence-electron chi connectivity index (χ0n) is 35.0. The molecule has 62 heavy (non-hydrogen) atoms. The smallest absolute Gasteiger partial charge is 0.341 e. The maximum absolute atomic E-state index is 14.4. The number of esters is 8. The number of fused-ring (bicyclic) bond motifs is 5. The van der Waals surface area contributed by atoms with Gasteiger partial charge in [-0.2, -0.15) is 0 Å².